The van der Waals surface area contributed by atoms with Crippen LogP contribution in [-0.2, 0) is 11.2 Å². The summed E-state index contributed by atoms with van der Waals surface area (Å²) >= 11 is 0. The Balaban J connectivity index is 2.44. The van der Waals surface area contributed by atoms with Crippen molar-refractivity contribution in [2.75, 3.05) is 6.54 Å². The number of rotatable bonds is 6. The summed E-state index contributed by atoms with van der Waals surface area (Å²) in [5, 5.41) is 2.92. The summed E-state index contributed by atoms with van der Waals surface area (Å²) in [6.45, 7) is 8.17. The summed E-state index contributed by atoms with van der Waals surface area (Å²) in [5.74, 6) is -0.0454. The van der Waals surface area contributed by atoms with Gasteiger partial charge in [-0.1, -0.05) is 54.6 Å². The van der Waals surface area contributed by atoms with Crippen molar-refractivity contribution >= 4 is 5.91 Å². The van der Waals surface area contributed by atoms with E-state index >= 15 is 0 Å². The Morgan fingerprint density at radius 2 is 1.95 bits per heavy atom. The van der Waals surface area contributed by atoms with Crippen molar-refractivity contribution in [2.24, 2.45) is 0 Å². The number of benzene rings is 1. The molecule has 2 heteroatoms. The highest BCUT2D eigenvalue weighted by molar-refractivity contribution is 5.96. The summed E-state index contributed by atoms with van der Waals surface area (Å²) in [7, 11) is 0. The normalized spacial score (nSPS) is 11.6. The quantitative estimate of drug-likeness (QED) is 0.612. The van der Waals surface area contributed by atoms with Crippen LogP contribution in [0.15, 0.2) is 66.3 Å². The van der Waals surface area contributed by atoms with Crippen molar-refractivity contribution in [3.8, 4) is 0 Å². The lowest BCUT2D eigenvalue weighted by atomic mass is 10.1. The monoisotopic (exact) mass is 255 g/mol. The third-order valence-corrected chi connectivity index (χ3v) is 2.66. The van der Waals surface area contributed by atoms with Gasteiger partial charge < -0.3 is 5.32 Å². The van der Waals surface area contributed by atoms with Crippen LogP contribution < -0.4 is 5.32 Å². The van der Waals surface area contributed by atoms with Gasteiger partial charge in [0.25, 0.3) is 5.91 Å². The molecule has 0 aliphatic rings. The first-order valence-electron chi connectivity index (χ1n) is 6.45. The van der Waals surface area contributed by atoms with E-state index in [2.05, 4.69) is 24.0 Å². The summed E-state index contributed by atoms with van der Waals surface area (Å²) in [5.41, 5.74) is 2.81. The molecule has 1 N–H and O–H groups in total. The minimum Gasteiger partial charge on any atom is -0.352 e. The molecule has 0 saturated heterocycles. The molecule has 0 saturated carbocycles. The highest BCUT2D eigenvalue weighted by Crippen LogP contribution is 2.02. The number of hydrogen-bond donors (Lipinski definition) is 1. The Morgan fingerprint density at radius 1 is 1.26 bits per heavy atom. The van der Waals surface area contributed by atoms with Crippen molar-refractivity contribution in [1.82, 2.24) is 5.32 Å². The molecule has 0 aliphatic carbocycles. The fourth-order valence-electron chi connectivity index (χ4n) is 1.60. The van der Waals surface area contributed by atoms with Crippen LogP contribution in [0.25, 0.3) is 0 Å². The van der Waals surface area contributed by atoms with Crippen LogP contribution >= 0.6 is 0 Å². The van der Waals surface area contributed by atoms with E-state index in [-0.39, 0.29) is 5.91 Å². The molecule has 1 aromatic rings. The van der Waals surface area contributed by atoms with Crippen molar-refractivity contribution in [2.45, 2.75) is 20.3 Å². The number of carbonyl (C=O) groups excluding carboxylic acids is 1. The van der Waals surface area contributed by atoms with Gasteiger partial charge in [0.15, 0.2) is 0 Å². The van der Waals surface area contributed by atoms with E-state index in [1.54, 1.807) is 12.2 Å². The lowest BCUT2D eigenvalue weighted by Gasteiger charge is -2.06. The first-order chi connectivity index (χ1) is 9.13. The molecule has 0 radical (unpaired) electrons. The first-order valence-corrected chi connectivity index (χ1v) is 6.45. The van der Waals surface area contributed by atoms with Gasteiger partial charge in [0.05, 0.1) is 0 Å². The lowest BCUT2D eigenvalue weighted by molar-refractivity contribution is -0.117. The Labute approximate surface area is 115 Å². The summed E-state index contributed by atoms with van der Waals surface area (Å²) in [4.78, 5) is 11.9. The standard InChI is InChI=1S/C17H21NO/c1-4-16(11-10-14(2)3)17(19)18-13-12-15-8-6-5-7-9-15/h4-11H,2,12-13H2,1,3H3,(H,18,19). The maximum absolute atomic E-state index is 11.9. The van der Waals surface area contributed by atoms with Gasteiger partial charge in [-0.05, 0) is 31.9 Å². The summed E-state index contributed by atoms with van der Waals surface area (Å²) in [6, 6.07) is 10.1. The molecule has 0 unspecified atom stereocenters. The predicted octanol–water partition coefficient (Wildman–Crippen LogP) is 3.42. The highest BCUT2D eigenvalue weighted by Gasteiger charge is 2.04. The van der Waals surface area contributed by atoms with Crippen molar-refractivity contribution < 1.29 is 4.79 Å². The van der Waals surface area contributed by atoms with Gasteiger partial charge in [-0.25, -0.2) is 0 Å². The minimum absolute atomic E-state index is 0.0454. The summed E-state index contributed by atoms with van der Waals surface area (Å²) in [6.07, 6.45) is 6.28. The number of amides is 1. The maximum atomic E-state index is 11.9. The van der Waals surface area contributed by atoms with Crippen LogP contribution in [-0.4, -0.2) is 12.5 Å². The molecule has 0 aliphatic heterocycles. The average Bonchev–Trinajstić information content (AvgIpc) is 2.40. The zero-order valence-electron chi connectivity index (χ0n) is 11.6. The molecule has 0 bridgehead atoms. The zero-order valence-corrected chi connectivity index (χ0v) is 11.6. The van der Waals surface area contributed by atoms with Gasteiger partial charge in [0, 0.05) is 12.1 Å². The SMILES string of the molecule is C=C(C)C=CC(=CC)C(=O)NCCc1ccccc1. The van der Waals surface area contributed by atoms with E-state index in [1.807, 2.05) is 38.1 Å². The van der Waals surface area contributed by atoms with Crippen LogP contribution in [0.3, 0.4) is 0 Å². The van der Waals surface area contributed by atoms with Gasteiger partial charge in [0.2, 0.25) is 0 Å². The number of nitrogens with one attached hydrogen (secondary N) is 1. The third kappa shape index (κ3) is 5.87. The Kier molecular flexibility index (Phi) is 6.37. The van der Waals surface area contributed by atoms with Gasteiger partial charge in [0.1, 0.15) is 0 Å². The van der Waals surface area contributed by atoms with Gasteiger partial charge in [-0.3, -0.25) is 4.79 Å². The lowest BCUT2D eigenvalue weighted by Crippen LogP contribution is -2.26. The van der Waals surface area contributed by atoms with E-state index < -0.39 is 0 Å². The second-order valence-corrected chi connectivity index (χ2v) is 4.42. The predicted molar refractivity (Wildman–Crippen MR) is 80.9 cm³/mol. The van der Waals surface area contributed by atoms with Crippen molar-refractivity contribution in [3.05, 3.63) is 71.8 Å². The van der Waals surface area contributed by atoms with Gasteiger partial charge >= 0.3 is 0 Å². The second-order valence-electron chi connectivity index (χ2n) is 4.42. The summed E-state index contributed by atoms with van der Waals surface area (Å²) < 4.78 is 0. The molecule has 0 spiro atoms. The molecule has 0 atom stereocenters. The molecule has 0 fully saturated rings. The molecule has 1 aromatic carbocycles. The van der Waals surface area contributed by atoms with Gasteiger partial charge in [-0.2, -0.15) is 0 Å². The largest absolute Gasteiger partial charge is 0.352 e. The highest BCUT2D eigenvalue weighted by atomic mass is 16.1. The van der Waals surface area contributed by atoms with Crippen LogP contribution in [0.4, 0.5) is 0 Å². The van der Waals surface area contributed by atoms with Crippen molar-refractivity contribution in [1.29, 1.82) is 0 Å². The van der Waals surface area contributed by atoms with E-state index in [4.69, 9.17) is 0 Å². The average molecular weight is 255 g/mol. The molecule has 0 heterocycles. The topological polar surface area (TPSA) is 29.1 Å². The van der Waals surface area contributed by atoms with Crippen molar-refractivity contribution in [3.63, 3.8) is 0 Å². The molecular formula is C17H21NO. The maximum Gasteiger partial charge on any atom is 0.250 e. The van der Waals surface area contributed by atoms with E-state index in [9.17, 15) is 4.79 Å². The number of allylic oxidation sites excluding steroid dienone is 3. The molecule has 1 rings (SSSR count). The number of hydrogen-bond acceptors (Lipinski definition) is 1. The Bertz CT molecular complexity index is 483. The third-order valence-electron chi connectivity index (χ3n) is 2.66. The molecule has 0 aromatic heterocycles. The Morgan fingerprint density at radius 3 is 2.53 bits per heavy atom. The molecule has 100 valence electrons. The molecular weight excluding hydrogens is 234 g/mol. The first kappa shape index (κ1) is 15.0. The van der Waals surface area contributed by atoms with Crippen LogP contribution in [0, 0.1) is 0 Å². The molecule has 19 heavy (non-hydrogen) atoms. The van der Waals surface area contributed by atoms with Crippen LogP contribution in [0.1, 0.15) is 19.4 Å². The van der Waals surface area contributed by atoms with E-state index in [1.165, 1.54) is 5.56 Å². The second kappa shape index (κ2) is 8.09. The number of carbonyl (C=O) groups is 1. The van der Waals surface area contributed by atoms with E-state index in [0.717, 1.165) is 12.0 Å². The fraction of sp³-hybridized carbons (Fsp3) is 0.235. The van der Waals surface area contributed by atoms with Crippen LogP contribution in [0.2, 0.25) is 0 Å². The van der Waals surface area contributed by atoms with Gasteiger partial charge in [-0.15, -0.1) is 0 Å². The van der Waals surface area contributed by atoms with Crippen LogP contribution in [0.5, 0.6) is 0 Å². The fourth-order valence-corrected chi connectivity index (χ4v) is 1.60. The smallest absolute Gasteiger partial charge is 0.250 e. The molecule has 2 nitrogen and oxygen atoms in total. The minimum atomic E-state index is -0.0454. The molecule has 1 amide bonds. The zero-order chi connectivity index (χ0) is 14.1. The van der Waals surface area contributed by atoms with E-state index in [0.29, 0.717) is 12.1 Å². The Hall–Kier alpha value is -2.09.